The molecule has 1 aliphatic rings. The maximum atomic E-state index is 5.47. The average Bonchev–Trinajstić information content (AvgIpc) is 3.18. The molecule has 0 radical (unpaired) electrons. The molecule has 1 fully saturated rings. The summed E-state index contributed by atoms with van der Waals surface area (Å²) in [6.07, 6.45) is 2.55. The lowest BCUT2D eigenvalue weighted by molar-refractivity contribution is 0.246. The van der Waals surface area contributed by atoms with Crippen LogP contribution in [0.15, 0.2) is 54.6 Å². The molecule has 3 rings (SSSR count). The van der Waals surface area contributed by atoms with Crippen molar-refractivity contribution in [2.75, 3.05) is 32.1 Å². The first kappa shape index (κ1) is 17.7. The summed E-state index contributed by atoms with van der Waals surface area (Å²) in [6, 6.07) is 18.8. The Hall–Kier alpha value is -2.11. The molecular formula is C20H25N3OS. The number of ether oxygens (including phenoxy) is 1. The standard InChI is InChI=1S/C20H25N3OS/c1-24-18-11-9-17(10-12-18)22-20(25)21-15-19(23-13-5-6-14-23)16-7-3-2-4-8-16/h2-4,7-12,19H,5-6,13-15H2,1H3,(H2,21,22,25)/t19-/m0/s1. The zero-order valence-corrected chi connectivity index (χ0v) is 15.4. The topological polar surface area (TPSA) is 36.5 Å². The zero-order valence-electron chi connectivity index (χ0n) is 14.6. The Labute approximate surface area is 155 Å². The van der Waals surface area contributed by atoms with Crippen LogP contribution in [0.5, 0.6) is 5.75 Å². The fraction of sp³-hybridized carbons (Fsp3) is 0.350. The van der Waals surface area contributed by atoms with Crippen LogP contribution in [0.4, 0.5) is 5.69 Å². The van der Waals surface area contributed by atoms with Gasteiger partial charge >= 0.3 is 0 Å². The van der Waals surface area contributed by atoms with Gasteiger partial charge < -0.3 is 15.4 Å². The molecule has 2 aromatic rings. The normalized spacial score (nSPS) is 15.6. The van der Waals surface area contributed by atoms with E-state index in [4.69, 9.17) is 17.0 Å². The second-order valence-electron chi connectivity index (χ2n) is 6.23. The minimum Gasteiger partial charge on any atom is -0.497 e. The molecule has 2 N–H and O–H groups in total. The maximum Gasteiger partial charge on any atom is 0.170 e. The third-order valence-electron chi connectivity index (χ3n) is 4.57. The Bertz CT molecular complexity index is 669. The van der Waals surface area contributed by atoms with Gasteiger partial charge in [0.05, 0.1) is 13.2 Å². The van der Waals surface area contributed by atoms with Crippen LogP contribution in [0.1, 0.15) is 24.4 Å². The highest BCUT2D eigenvalue weighted by Gasteiger charge is 2.23. The SMILES string of the molecule is COc1ccc(NC(=S)NC[C@@H](c2ccccc2)N2CCCC2)cc1. The Morgan fingerprint density at radius 3 is 2.40 bits per heavy atom. The van der Waals surface area contributed by atoms with Gasteiger partial charge in [-0.2, -0.15) is 0 Å². The molecule has 0 unspecified atom stereocenters. The Kier molecular flexibility index (Phi) is 6.25. The first-order valence-corrected chi connectivity index (χ1v) is 9.15. The van der Waals surface area contributed by atoms with E-state index in [-0.39, 0.29) is 0 Å². The molecule has 2 aromatic carbocycles. The predicted octanol–water partition coefficient (Wildman–Crippen LogP) is 3.82. The summed E-state index contributed by atoms with van der Waals surface area (Å²) < 4.78 is 5.18. The quantitative estimate of drug-likeness (QED) is 0.771. The smallest absolute Gasteiger partial charge is 0.170 e. The fourth-order valence-corrected chi connectivity index (χ4v) is 3.43. The van der Waals surface area contributed by atoms with Crippen molar-refractivity contribution < 1.29 is 4.74 Å². The van der Waals surface area contributed by atoms with Crippen LogP contribution in [0, 0.1) is 0 Å². The number of hydrogen-bond donors (Lipinski definition) is 2. The van der Waals surface area contributed by atoms with E-state index in [2.05, 4.69) is 45.9 Å². The maximum absolute atomic E-state index is 5.47. The van der Waals surface area contributed by atoms with Gasteiger partial charge in [-0.1, -0.05) is 30.3 Å². The van der Waals surface area contributed by atoms with Gasteiger partial charge in [0.25, 0.3) is 0 Å². The molecule has 25 heavy (non-hydrogen) atoms. The second kappa shape index (κ2) is 8.83. The van der Waals surface area contributed by atoms with Gasteiger partial charge in [-0.3, -0.25) is 4.90 Å². The fourth-order valence-electron chi connectivity index (χ4n) is 3.23. The summed E-state index contributed by atoms with van der Waals surface area (Å²) in [5.41, 5.74) is 2.29. The molecule has 1 atom stereocenters. The van der Waals surface area contributed by atoms with Gasteiger partial charge in [0.15, 0.2) is 5.11 Å². The van der Waals surface area contributed by atoms with Crippen LogP contribution < -0.4 is 15.4 Å². The molecule has 1 aliphatic heterocycles. The van der Waals surface area contributed by atoms with Gasteiger partial charge in [-0.15, -0.1) is 0 Å². The molecule has 1 saturated heterocycles. The highest BCUT2D eigenvalue weighted by molar-refractivity contribution is 7.80. The molecule has 0 aliphatic carbocycles. The van der Waals surface area contributed by atoms with Crippen molar-refractivity contribution in [2.24, 2.45) is 0 Å². The molecular weight excluding hydrogens is 330 g/mol. The highest BCUT2D eigenvalue weighted by atomic mass is 32.1. The van der Waals surface area contributed by atoms with Gasteiger partial charge in [0, 0.05) is 12.2 Å². The van der Waals surface area contributed by atoms with E-state index in [9.17, 15) is 0 Å². The number of nitrogens with one attached hydrogen (secondary N) is 2. The van der Waals surface area contributed by atoms with E-state index >= 15 is 0 Å². The van der Waals surface area contributed by atoms with Crippen LogP contribution in [-0.2, 0) is 0 Å². The summed E-state index contributed by atoms with van der Waals surface area (Å²) in [5, 5.41) is 7.26. The Balaban J connectivity index is 1.59. The third kappa shape index (κ3) is 4.94. The van der Waals surface area contributed by atoms with Crippen molar-refractivity contribution in [1.82, 2.24) is 10.2 Å². The lowest BCUT2D eigenvalue weighted by Gasteiger charge is -2.28. The summed E-state index contributed by atoms with van der Waals surface area (Å²) in [5.74, 6) is 0.836. The minimum absolute atomic E-state index is 0.347. The molecule has 5 heteroatoms. The zero-order chi connectivity index (χ0) is 17.5. The van der Waals surface area contributed by atoms with Crippen molar-refractivity contribution in [3.8, 4) is 5.75 Å². The van der Waals surface area contributed by atoms with E-state index in [1.165, 1.54) is 18.4 Å². The average molecular weight is 356 g/mol. The molecule has 0 bridgehead atoms. The largest absolute Gasteiger partial charge is 0.497 e. The highest BCUT2D eigenvalue weighted by Crippen LogP contribution is 2.24. The van der Waals surface area contributed by atoms with Gasteiger partial charge in [0.1, 0.15) is 5.75 Å². The lowest BCUT2D eigenvalue weighted by Crippen LogP contribution is -2.38. The summed E-state index contributed by atoms with van der Waals surface area (Å²) >= 11 is 5.47. The lowest BCUT2D eigenvalue weighted by atomic mass is 10.1. The van der Waals surface area contributed by atoms with Crippen LogP contribution >= 0.6 is 12.2 Å². The van der Waals surface area contributed by atoms with Crippen molar-refractivity contribution in [3.63, 3.8) is 0 Å². The van der Waals surface area contributed by atoms with Crippen LogP contribution in [-0.4, -0.2) is 36.8 Å². The van der Waals surface area contributed by atoms with Gasteiger partial charge in [0.2, 0.25) is 0 Å². The van der Waals surface area contributed by atoms with Crippen molar-refractivity contribution in [2.45, 2.75) is 18.9 Å². The van der Waals surface area contributed by atoms with E-state index < -0.39 is 0 Å². The summed E-state index contributed by atoms with van der Waals surface area (Å²) in [7, 11) is 1.66. The summed E-state index contributed by atoms with van der Waals surface area (Å²) in [6.45, 7) is 3.10. The van der Waals surface area contributed by atoms with Gasteiger partial charge in [-0.05, 0) is 68.0 Å². The number of anilines is 1. The molecule has 4 nitrogen and oxygen atoms in total. The number of likely N-dealkylation sites (tertiary alicyclic amines) is 1. The number of rotatable bonds is 6. The number of methoxy groups -OCH3 is 1. The molecule has 1 heterocycles. The first-order valence-electron chi connectivity index (χ1n) is 8.74. The number of thiocarbonyl (C=S) groups is 1. The minimum atomic E-state index is 0.347. The monoisotopic (exact) mass is 355 g/mol. The number of benzene rings is 2. The third-order valence-corrected chi connectivity index (χ3v) is 4.82. The van der Waals surface area contributed by atoms with Crippen LogP contribution in [0.25, 0.3) is 0 Å². The first-order chi connectivity index (χ1) is 12.3. The molecule has 0 amide bonds. The van der Waals surface area contributed by atoms with Gasteiger partial charge in [-0.25, -0.2) is 0 Å². The summed E-state index contributed by atoms with van der Waals surface area (Å²) in [4.78, 5) is 2.54. The number of nitrogens with zero attached hydrogens (tertiary/aromatic N) is 1. The predicted molar refractivity (Wildman–Crippen MR) is 107 cm³/mol. The van der Waals surface area contributed by atoms with E-state index in [1.54, 1.807) is 7.11 Å². The van der Waals surface area contributed by atoms with Crippen LogP contribution in [0.2, 0.25) is 0 Å². The Morgan fingerprint density at radius 2 is 1.76 bits per heavy atom. The van der Waals surface area contributed by atoms with E-state index in [0.717, 1.165) is 31.1 Å². The van der Waals surface area contributed by atoms with Crippen molar-refractivity contribution in [3.05, 3.63) is 60.2 Å². The molecule has 0 aromatic heterocycles. The molecule has 0 saturated carbocycles. The van der Waals surface area contributed by atoms with E-state index in [1.807, 2.05) is 24.3 Å². The van der Waals surface area contributed by atoms with Crippen molar-refractivity contribution in [1.29, 1.82) is 0 Å². The number of hydrogen-bond acceptors (Lipinski definition) is 3. The molecule has 132 valence electrons. The second-order valence-corrected chi connectivity index (χ2v) is 6.64. The van der Waals surface area contributed by atoms with E-state index in [0.29, 0.717) is 11.2 Å². The van der Waals surface area contributed by atoms with Crippen molar-refractivity contribution >= 4 is 23.0 Å². The Morgan fingerprint density at radius 1 is 1.08 bits per heavy atom. The van der Waals surface area contributed by atoms with Crippen LogP contribution in [0.3, 0.4) is 0 Å². The molecule has 0 spiro atoms.